The molecule has 0 aliphatic carbocycles. The van der Waals surface area contributed by atoms with Gasteiger partial charge in [-0.05, 0) is 37.9 Å². The fraction of sp³-hybridized carbons (Fsp3) is 0. The average molecular weight is 408 g/mol. The van der Waals surface area contributed by atoms with Crippen molar-refractivity contribution in [3.8, 4) is 0 Å². The maximum absolute atomic E-state index is 13.1. The van der Waals surface area contributed by atoms with Crippen LogP contribution in [0.2, 0.25) is 0 Å². The van der Waals surface area contributed by atoms with Gasteiger partial charge in [0.05, 0.1) is 11.8 Å². The summed E-state index contributed by atoms with van der Waals surface area (Å²) in [6.45, 7) is 0. The van der Waals surface area contributed by atoms with Gasteiger partial charge in [-0.25, -0.2) is 18.7 Å². The molecule has 0 unspecified atom stereocenters. The van der Waals surface area contributed by atoms with Crippen molar-refractivity contribution in [2.24, 2.45) is 0 Å². The van der Waals surface area contributed by atoms with Crippen LogP contribution < -0.4 is 11.1 Å². The van der Waals surface area contributed by atoms with Gasteiger partial charge in [0, 0.05) is 11.8 Å². The summed E-state index contributed by atoms with van der Waals surface area (Å²) in [7, 11) is 0. The topological polar surface area (TPSA) is 80.9 Å². The number of nitrogens with one attached hydrogen (secondary N) is 1. The monoisotopic (exact) mass is 406 g/mol. The van der Waals surface area contributed by atoms with Gasteiger partial charge in [0.2, 0.25) is 0 Å². The maximum atomic E-state index is 13.1. The zero-order chi connectivity index (χ0) is 14.9. The first-order valence-electron chi connectivity index (χ1n) is 5.12. The minimum atomic E-state index is -1.16. The number of carbonyl (C=O) groups excluding carboxylic acids is 1. The van der Waals surface area contributed by atoms with Gasteiger partial charge in [-0.1, -0.05) is 0 Å². The van der Waals surface area contributed by atoms with Crippen LogP contribution in [0.1, 0.15) is 10.4 Å². The molecule has 0 spiro atoms. The van der Waals surface area contributed by atoms with Gasteiger partial charge < -0.3 is 11.1 Å². The largest absolute Gasteiger partial charge is 0.398 e. The van der Waals surface area contributed by atoms with Crippen molar-refractivity contribution in [2.45, 2.75) is 0 Å². The van der Waals surface area contributed by atoms with Crippen LogP contribution in [0.3, 0.4) is 0 Å². The second-order valence-corrected chi connectivity index (χ2v) is 5.20. The van der Waals surface area contributed by atoms with Gasteiger partial charge in [0.1, 0.15) is 9.21 Å². The predicted octanol–water partition coefficient (Wildman–Crippen LogP) is 3.11. The zero-order valence-corrected chi connectivity index (χ0v) is 12.8. The number of nitrogen functional groups attached to an aromatic ring is 1. The lowest BCUT2D eigenvalue weighted by atomic mass is 10.1. The quantitative estimate of drug-likeness (QED) is 0.749. The highest BCUT2D eigenvalue weighted by Crippen LogP contribution is 2.22. The Hall–Kier alpha value is -1.61. The number of benzene rings is 1. The molecule has 0 radical (unpaired) electrons. The second-order valence-electron chi connectivity index (χ2n) is 3.64. The summed E-state index contributed by atoms with van der Waals surface area (Å²) >= 11 is 6.22. The first-order chi connectivity index (χ1) is 9.38. The molecule has 1 aromatic carbocycles. The third-order valence-corrected chi connectivity index (χ3v) is 3.20. The van der Waals surface area contributed by atoms with Gasteiger partial charge in [0.25, 0.3) is 5.91 Å². The lowest BCUT2D eigenvalue weighted by molar-refractivity contribution is 0.102. The molecule has 0 fully saturated rings. The van der Waals surface area contributed by atoms with E-state index in [1.54, 1.807) is 0 Å². The molecule has 0 bridgehead atoms. The highest BCUT2D eigenvalue weighted by atomic mass is 79.9. The summed E-state index contributed by atoms with van der Waals surface area (Å²) in [5, 5.41) is 2.39. The molecule has 0 atom stereocenters. The molecule has 104 valence electrons. The van der Waals surface area contributed by atoms with Gasteiger partial charge >= 0.3 is 0 Å². The van der Waals surface area contributed by atoms with Crippen LogP contribution >= 0.6 is 31.9 Å². The number of anilines is 2. The van der Waals surface area contributed by atoms with Crippen LogP contribution in [0.25, 0.3) is 0 Å². The van der Waals surface area contributed by atoms with Crippen LogP contribution in [-0.4, -0.2) is 15.9 Å². The number of rotatable bonds is 2. The molecule has 5 nitrogen and oxygen atoms in total. The van der Waals surface area contributed by atoms with Crippen LogP contribution in [0.4, 0.5) is 20.3 Å². The molecular weight excluding hydrogens is 402 g/mol. The molecule has 20 heavy (non-hydrogen) atoms. The lowest BCUT2D eigenvalue weighted by Gasteiger charge is -2.08. The number of aromatic nitrogens is 2. The molecule has 9 heteroatoms. The summed E-state index contributed by atoms with van der Waals surface area (Å²) < 4.78 is 26.8. The minimum absolute atomic E-state index is 0.127. The molecule has 0 aliphatic rings. The molecule has 0 aliphatic heterocycles. The Labute approximate surface area is 128 Å². The van der Waals surface area contributed by atoms with Gasteiger partial charge in [0.15, 0.2) is 17.5 Å². The van der Waals surface area contributed by atoms with E-state index in [2.05, 4.69) is 47.1 Å². The Balaban J connectivity index is 2.31. The molecule has 1 heterocycles. The van der Waals surface area contributed by atoms with E-state index in [9.17, 15) is 13.6 Å². The molecule has 2 rings (SSSR count). The van der Waals surface area contributed by atoms with Crippen LogP contribution in [0.15, 0.2) is 27.5 Å². The summed E-state index contributed by atoms with van der Waals surface area (Å²) in [4.78, 5) is 19.8. The van der Waals surface area contributed by atoms with Crippen LogP contribution in [0, 0.1) is 11.6 Å². The van der Waals surface area contributed by atoms with Crippen molar-refractivity contribution in [1.82, 2.24) is 9.97 Å². The third kappa shape index (κ3) is 3.10. The van der Waals surface area contributed by atoms with E-state index in [1.807, 2.05) is 0 Å². The molecule has 1 amide bonds. The standard InChI is InChI=1S/C11H6Br2F2N4O/c12-8-3-17-10(9(13)18-8)19-11(20)4-1-5(14)6(15)2-7(4)16/h1-3H,16H2,(H,17,19,20). The van der Waals surface area contributed by atoms with E-state index in [-0.39, 0.29) is 21.7 Å². The number of hydrogen-bond donors (Lipinski definition) is 2. The SMILES string of the molecule is Nc1cc(F)c(F)cc1C(=O)Nc1ncc(Br)nc1Br. The summed E-state index contributed by atoms with van der Waals surface area (Å²) in [6, 6.07) is 1.47. The van der Waals surface area contributed by atoms with E-state index in [0.717, 1.165) is 12.1 Å². The average Bonchev–Trinajstić information content (AvgIpc) is 2.37. The normalized spacial score (nSPS) is 10.4. The van der Waals surface area contributed by atoms with Crippen molar-refractivity contribution in [2.75, 3.05) is 11.1 Å². The summed E-state index contributed by atoms with van der Waals surface area (Å²) in [6.07, 6.45) is 1.37. The Morgan fingerprint density at radius 3 is 2.55 bits per heavy atom. The van der Waals surface area contributed by atoms with Crippen molar-refractivity contribution >= 4 is 49.3 Å². The third-order valence-electron chi connectivity index (χ3n) is 2.27. The number of hydrogen-bond acceptors (Lipinski definition) is 4. The van der Waals surface area contributed by atoms with E-state index in [4.69, 9.17) is 5.73 Å². The van der Waals surface area contributed by atoms with Crippen molar-refractivity contribution in [1.29, 1.82) is 0 Å². The Morgan fingerprint density at radius 1 is 1.25 bits per heavy atom. The van der Waals surface area contributed by atoms with Gasteiger partial charge in [-0.2, -0.15) is 0 Å². The number of nitrogens with two attached hydrogens (primary N) is 1. The highest BCUT2D eigenvalue weighted by Gasteiger charge is 2.16. The predicted molar refractivity (Wildman–Crippen MR) is 76.2 cm³/mol. The number of nitrogens with zero attached hydrogens (tertiary/aromatic N) is 2. The Bertz CT molecular complexity index is 696. The maximum Gasteiger partial charge on any atom is 0.259 e. The summed E-state index contributed by atoms with van der Waals surface area (Å²) in [5.74, 6) is -2.88. The van der Waals surface area contributed by atoms with E-state index >= 15 is 0 Å². The van der Waals surface area contributed by atoms with Gasteiger partial charge in [-0.3, -0.25) is 4.79 Å². The van der Waals surface area contributed by atoms with E-state index < -0.39 is 17.5 Å². The molecule has 0 saturated heterocycles. The molecule has 0 saturated carbocycles. The zero-order valence-electron chi connectivity index (χ0n) is 9.62. The molecular formula is C11H6Br2F2N4O. The number of amides is 1. The van der Waals surface area contributed by atoms with Gasteiger partial charge in [-0.15, -0.1) is 0 Å². The Morgan fingerprint density at radius 2 is 1.90 bits per heavy atom. The van der Waals surface area contributed by atoms with Crippen molar-refractivity contribution in [3.05, 3.63) is 44.7 Å². The van der Waals surface area contributed by atoms with Crippen molar-refractivity contribution in [3.63, 3.8) is 0 Å². The molecule has 3 N–H and O–H groups in total. The first kappa shape index (κ1) is 14.8. The Kier molecular flexibility index (Phi) is 4.29. The molecule has 1 aromatic heterocycles. The number of carbonyl (C=O) groups is 1. The fourth-order valence-electron chi connectivity index (χ4n) is 1.36. The number of halogens is 4. The highest BCUT2D eigenvalue weighted by molar-refractivity contribution is 9.11. The second kappa shape index (κ2) is 5.80. The lowest BCUT2D eigenvalue weighted by Crippen LogP contribution is -2.16. The molecule has 2 aromatic rings. The van der Waals surface area contributed by atoms with Crippen molar-refractivity contribution < 1.29 is 13.6 Å². The minimum Gasteiger partial charge on any atom is -0.398 e. The van der Waals surface area contributed by atoms with Crippen LogP contribution in [0.5, 0.6) is 0 Å². The first-order valence-corrected chi connectivity index (χ1v) is 6.71. The summed E-state index contributed by atoms with van der Waals surface area (Å²) in [5.41, 5.74) is 5.11. The van der Waals surface area contributed by atoms with Crippen LogP contribution in [-0.2, 0) is 0 Å². The van der Waals surface area contributed by atoms with E-state index in [0.29, 0.717) is 4.60 Å². The van der Waals surface area contributed by atoms with E-state index in [1.165, 1.54) is 6.20 Å². The smallest absolute Gasteiger partial charge is 0.259 e. The fourth-order valence-corrected chi connectivity index (χ4v) is 2.27.